The van der Waals surface area contributed by atoms with Crippen molar-refractivity contribution in [2.45, 2.75) is 32.2 Å². The standard InChI is InChI=1S/C12H22N2O2/c1-9-5-11(13-6-10-3-4-10)8-14(7-9)12(15)16-2/h9-11,13H,3-8H2,1-2H3. The van der Waals surface area contributed by atoms with E-state index in [4.69, 9.17) is 4.74 Å². The van der Waals surface area contributed by atoms with Crippen LogP contribution in [0.5, 0.6) is 0 Å². The molecule has 0 aromatic rings. The molecule has 0 radical (unpaired) electrons. The Balaban J connectivity index is 1.80. The molecule has 0 aromatic carbocycles. The first-order valence-electron chi connectivity index (χ1n) is 6.25. The van der Waals surface area contributed by atoms with Crippen LogP contribution in [0.3, 0.4) is 0 Å². The molecule has 0 spiro atoms. The van der Waals surface area contributed by atoms with Gasteiger partial charge in [-0.3, -0.25) is 0 Å². The van der Waals surface area contributed by atoms with E-state index in [2.05, 4.69) is 12.2 Å². The number of carbonyl (C=O) groups is 1. The van der Waals surface area contributed by atoms with Gasteiger partial charge in [0.15, 0.2) is 0 Å². The first-order valence-corrected chi connectivity index (χ1v) is 6.25. The van der Waals surface area contributed by atoms with Gasteiger partial charge in [0.1, 0.15) is 0 Å². The molecule has 1 saturated heterocycles. The maximum atomic E-state index is 11.5. The summed E-state index contributed by atoms with van der Waals surface area (Å²) < 4.78 is 4.78. The molecule has 1 N–H and O–H groups in total. The lowest BCUT2D eigenvalue weighted by molar-refractivity contribution is 0.0938. The average Bonchev–Trinajstić information content (AvgIpc) is 3.08. The van der Waals surface area contributed by atoms with Gasteiger partial charge < -0.3 is 15.0 Å². The highest BCUT2D eigenvalue weighted by Crippen LogP contribution is 2.28. The van der Waals surface area contributed by atoms with Crippen LogP contribution in [0.1, 0.15) is 26.2 Å². The van der Waals surface area contributed by atoms with Gasteiger partial charge in [0.05, 0.1) is 7.11 Å². The number of hydrogen-bond acceptors (Lipinski definition) is 3. The molecule has 4 nitrogen and oxygen atoms in total. The van der Waals surface area contributed by atoms with Crippen LogP contribution in [0.2, 0.25) is 0 Å². The van der Waals surface area contributed by atoms with Crippen LogP contribution >= 0.6 is 0 Å². The maximum Gasteiger partial charge on any atom is 0.409 e. The van der Waals surface area contributed by atoms with Gasteiger partial charge in [-0.1, -0.05) is 6.92 Å². The molecule has 2 fully saturated rings. The van der Waals surface area contributed by atoms with E-state index in [0.29, 0.717) is 12.0 Å². The lowest BCUT2D eigenvalue weighted by atomic mass is 9.96. The highest BCUT2D eigenvalue weighted by molar-refractivity contribution is 5.67. The molecule has 1 aliphatic carbocycles. The summed E-state index contributed by atoms with van der Waals surface area (Å²) in [5, 5.41) is 3.57. The molecule has 1 saturated carbocycles. The fourth-order valence-corrected chi connectivity index (χ4v) is 2.43. The quantitative estimate of drug-likeness (QED) is 0.792. The van der Waals surface area contributed by atoms with Gasteiger partial charge in [0, 0.05) is 19.1 Å². The van der Waals surface area contributed by atoms with Crippen LogP contribution in [-0.4, -0.2) is 43.8 Å². The predicted molar refractivity (Wildman–Crippen MR) is 62.3 cm³/mol. The number of hydrogen-bond donors (Lipinski definition) is 1. The van der Waals surface area contributed by atoms with Gasteiger partial charge >= 0.3 is 6.09 Å². The fourth-order valence-electron chi connectivity index (χ4n) is 2.43. The molecular weight excluding hydrogens is 204 g/mol. The lowest BCUT2D eigenvalue weighted by Gasteiger charge is -2.36. The monoisotopic (exact) mass is 226 g/mol. The van der Waals surface area contributed by atoms with Gasteiger partial charge in [0.2, 0.25) is 0 Å². The van der Waals surface area contributed by atoms with Gasteiger partial charge in [-0.25, -0.2) is 4.79 Å². The number of piperidine rings is 1. The number of rotatable bonds is 3. The predicted octanol–water partition coefficient (Wildman–Crippen LogP) is 1.46. The largest absolute Gasteiger partial charge is 0.453 e. The second-order valence-corrected chi connectivity index (χ2v) is 5.26. The van der Waals surface area contributed by atoms with Gasteiger partial charge in [-0.15, -0.1) is 0 Å². The molecule has 2 unspecified atom stereocenters. The molecule has 0 aromatic heterocycles. The van der Waals surface area contributed by atoms with E-state index in [0.717, 1.165) is 25.6 Å². The van der Waals surface area contributed by atoms with Crippen LogP contribution in [0.15, 0.2) is 0 Å². The number of amides is 1. The van der Waals surface area contributed by atoms with Gasteiger partial charge in [-0.2, -0.15) is 0 Å². The maximum absolute atomic E-state index is 11.5. The fraction of sp³-hybridized carbons (Fsp3) is 0.917. The third-order valence-corrected chi connectivity index (χ3v) is 3.48. The number of nitrogens with one attached hydrogen (secondary N) is 1. The van der Waals surface area contributed by atoms with Crippen LogP contribution < -0.4 is 5.32 Å². The lowest BCUT2D eigenvalue weighted by Crippen LogP contribution is -2.51. The molecule has 1 aliphatic heterocycles. The molecule has 2 aliphatic rings. The molecule has 92 valence electrons. The first kappa shape index (κ1) is 11.7. The van der Waals surface area contributed by atoms with Crippen molar-refractivity contribution in [2.24, 2.45) is 11.8 Å². The number of nitrogens with zero attached hydrogens (tertiary/aromatic N) is 1. The summed E-state index contributed by atoms with van der Waals surface area (Å²) in [5.74, 6) is 1.45. The summed E-state index contributed by atoms with van der Waals surface area (Å²) in [4.78, 5) is 13.3. The Morgan fingerprint density at radius 1 is 1.44 bits per heavy atom. The molecule has 0 bridgehead atoms. The first-order chi connectivity index (χ1) is 7.69. The molecule has 2 rings (SSSR count). The Morgan fingerprint density at radius 2 is 2.19 bits per heavy atom. The van der Waals surface area contributed by atoms with E-state index in [1.54, 1.807) is 0 Å². The van der Waals surface area contributed by atoms with Crippen molar-refractivity contribution in [3.63, 3.8) is 0 Å². The van der Waals surface area contributed by atoms with Crippen molar-refractivity contribution >= 4 is 6.09 Å². The normalized spacial score (nSPS) is 30.2. The minimum absolute atomic E-state index is 0.190. The Bertz CT molecular complexity index is 253. The summed E-state index contributed by atoms with van der Waals surface area (Å²) >= 11 is 0. The minimum Gasteiger partial charge on any atom is -0.453 e. The van der Waals surface area contributed by atoms with E-state index in [1.807, 2.05) is 4.90 Å². The summed E-state index contributed by atoms with van der Waals surface area (Å²) in [6.45, 7) is 4.94. The van der Waals surface area contributed by atoms with E-state index in [9.17, 15) is 4.79 Å². The highest BCUT2D eigenvalue weighted by Gasteiger charge is 2.29. The molecule has 1 amide bonds. The van der Waals surface area contributed by atoms with Crippen molar-refractivity contribution in [3.05, 3.63) is 0 Å². The third kappa shape index (κ3) is 3.11. The molecule has 16 heavy (non-hydrogen) atoms. The van der Waals surface area contributed by atoms with E-state index >= 15 is 0 Å². The van der Waals surface area contributed by atoms with Crippen LogP contribution in [0.25, 0.3) is 0 Å². The summed E-state index contributed by atoms with van der Waals surface area (Å²) in [7, 11) is 1.45. The van der Waals surface area contributed by atoms with Crippen molar-refractivity contribution in [3.8, 4) is 0 Å². The van der Waals surface area contributed by atoms with Crippen molar-refractivity contribution < 1.29 is 9.53 Å². The molecule has 4 heteroatoms. The van der Waals surface area contributed by atoms with Crippen molar-refractivity contribution in [2.75, 3.05) is 26.7 Å². The zero-order chi connectivity index (χ0) is 11.5. The Morgan fingerprint density at radius 3 is 2.81 bits per heavy atom. The zero-order valence-electron chi connectivity index (χ0n) is 10.2. The van der Waals surface area contributed by atoms with Crippen molar-refractivity contribution in [1.29, 1.82) is 0 Å². The summed E-state index contributed by atoms with van der Waals surface area (Å²) in [6.07, 6.45) is 3.72. The molecular formula is C12H22N2O2. The van der Waals surface area contributed by atoms with Gasteiger partial charge in [-0.05, 0) is 37.6 Å². The van der Waals surface area contributed by atoms with Crippen LogP contribution in [0.4, 0.5) is 4.79 Å². The average molecular weight is 226 g/mol. The zero-order valence-corrected chi connectivity index (χ0v) is 10.2. The number of carbonyl (C=O) groups excluding carboxylic acids is 1. The Labute approximate surface area is 97.3 Å². The summed E-state index contributed by atoms with van der Waals surface area (Å²) in [6, 6.07) is 0.448. The smallest absolute Gasteiger partial charge is 0.409 e. The number of methoxy groups -OCH3 is 1. The van der Waals surface area contributed by atoms with Crippen LogP contribution in [-0.2, 0) is 4.74 Å². The van der Waals surface area contributed by atoms with Crippen LogP contribution in [0, 0.1) is 11.8 Å². The Hall–Kier alpha value is -0.770. The second-order valence-electron chi connectivity index (χ2n) is 5.26. The van der Waals surface area contributed by atoms with E-state index in [1.165, 1.54) is 26.4 Å². The summed E-state index contributed by atoms with van der Waals surface area (Å²) in [5.41, 5.74) is 0. The number of likely N-dealkylation sites (tertiary alicyclic amines) is 1. The molecule has 2 atom stereocenters. The van der Waals surface area contributed by atoms with Gasteiger partial charge in [0.25, 0.3) is 0 Å². The topological polar surface area (TPSA) is 41.6 Å². The minimum atomic E-state index is -0.190. The third-order valence-electron chi connectivity index (χ3n) is 3.48. The SMILES string of the molecule is COC(=O)N1CC(C)CC(NCC2CC2)C1. The second kappa shape index (κ2) is 5.04. The highest BCUT2D eigenvalue weighted by atomic mass is 16.5. The van der Waals surface area contributed by atoms with E-state index < -0.39 is 0 Å². The van der Waals surface area contributed by atoms with Crippen molar-refractivity contribution in [1.82, 2.24) is 10.2 Å². The molecule has 1 heterocycles. The number of ether oxygens (including phenoxy) is 1. The van der Waals surface area contributed by atoms with E-state index in [-0.39, 0.29) is 6.09 Å². The Kier molecular flexibility index (Phi) is 3.69.